The van der Waals surface area contributed by atoms with Gasteiger partial charge >= 0.3 is 12.1 Å². The second-order valence-corrected chi connectivity index (χ2v) is 8.75. The molecule has 0 saturated carbocycles. The highest BCUT2D eigenvalue weighted by Crippen LogP contribution is 2.44. The van der Waals surface area contributed by atoms with Crippen LogP contribution >= 0.6 is 0 Å². The first-order valence-electron chi connectivity index (χ1n) is 11.3. The molecular weight excluding hydrogens is 438 g/mol. The number of carbonyl (C=O) groups is 3. The highest BCUT2D eigenvalue weighted by atomic mass is 16.5. The van der Waals surface area contributed by atoms with E-state index in [9.17, 15) is 24.6 Å². The van der Waals surface area contributed by atoms with Gasteiger partial charge in [0.05, 0.1) is 19.1 Å². The SMILES string of the molecule is CN1CCN(C(=O)C(CC(=O)O)NC(=O)OCC2c3ccccc3-c3ccccc32)C(CO)C1. The van der Waals surface area contributed by atoms with Crippen LogP contribution in [0.25, 0.3) is 11.1 Å². The summed E-state index contributed by atoms with van der Waals surface area (Å²) in [5, 5.41) is 21.4. The van der Waals surface area contributed by atoms with E-state index >= 15 is 0 Å². The fraction of sp³-hybridized carbons (Fsp3) is 0.400. The monoisotopic (exact) mass is 467 g/mol. The summed E-state index contributed by atoms with van der Waals surface area (Å²) < 4.78 is 5.49. The van der Waals surface area contributed by atoms with Crippen LogP contribution in [0.3, 0.4) is 0 Å². The van der Waals surface area contributed by atoms with Crippen molar-refractivity contribution in [2.45, 2.75) is 24.4 Å². The number of fused-ring (bicyclic) bond motifs is 3. The summed E-state index contributed by atoms with van der Waals surface area (Å²) in [7, 11) is 1.88. The highest BCUT2D eigenvalue weighted by molar-refractivity contribution is 5.89. The van der Waals surface area contributed by atoms with Gasteiger partial charge in [0.25, 0.3) is 0 Å². The van der Waals surface area contributed by atoms with Gasteiger partial charge in [-0.1, -0.05) is 48.5 Å². The number of hydrogen-bond donors (Lipinski definition) is 3. The molecule has 1 saturated heterocycles. The van der Waals surface area contributed by atoms with Crippen LogP contribution in [-0.2, 0) is 14.3 Å². The number of aliphatic hydroxyl groups excluding tert-OH is 1. The number of carboxylic acids is 1. The first-order chi connectivity index (χ1) is 16.4. The lowest BCUT2D eigenvalue weighted by Gasteiger charge is -2.40. The number of aliphatic hydroxyl groups is 1. The lowest BCUT2D eigenvalue weighted by molar-refractivity contribution is -0.145. The lowest BCUT2D eigenvalue weighted by Crippen LogP contribution is -2.60. The summed E-state index contributed by atoms with van der Waals surface area (Å²) in [4.78, 5) is 40.6. The summed E-state index contributed by atoms with van der Waals surface area (Å²) in [6.07, 6.45) is -1.43. The molecule has 1 aliphatic carbocycles. The van der Waals surface area contributed by atoms with E-state index in [2.05, 4.69) is 5.32 Å². The first kappa shape index (κ1) is 23.7. The normalized spacial score (nSPS) is 18.6. The Balaban J connectivity index is 1.44. The van der Waals surface area contributed by atoms with Crippen LogP contribution in [0.1, 0.15) is 23.5 Å². The van der Waals surface area contributed by atoms with Crippen molar-refractivity contribution in [1.29, 1.82) is 0 Å². The van der Waals surface area contributed by atoms with E-state index in [0.29, 0.717) is 19.6 Å². The fourth-order valence-electron chi connectivity index (χ4n) is 4.81. The van der Waals surface area contributed by atoms with E-state index in [1.54, 1.807) is 0 Å². The third kappa shape index (κ3) is 4.90. The zero-order chi connectivity index (χ0) is 24.2. The Kier molecular flexibility index (Phi) is 7.14. The minimum absolute atomic E-state index is 0.0572. The number of nitrogens with zero attached hydrogens (tertiary/aromatic N) is 2. The second kappa shape index (κ2) is 10.2. The standard InChI is InChI=1S/C25H29N3O6/c1-27-10-11-28(16(13-27)14-29)24(32)22(12-23(30)31)26-25(33)34-15-21-19-8-4-2-6-17(19)18-7-3-5-9-20(18)21/h2-9,16,21-22,29H,10-15H2,1H3,(H,26,33)(H,30,31). The predicted octanol–water partition coefficient (Wildman–Crippen LogP) is 1.50. The summed E-state index contributed by atoms with van der Waals surface area (Å²) in [6.45, 7) is 1.20. The van der Waals surface area contributed by atoms with Gasteiger partial charge in [-0.25, -0.2) is 4.79 Å². The van der Waals surface area contributed by atoms with Crippen molar-refractivity contribution < 1.29 is 29.3 Å². The average molecular weight is 468 g/mol. The number of benzene rings is 2. The zero-order valence-electron chi connectivity index (χ0n) is 19.0. The number of amides is 2. The molecule has 2 amide bonds. The van der Waals surface area contributed by atoms with Gasteiger partial charge < -0.3 is 30.1 Å². The molecule has 0 spiro atoms. The molecule has 1 fully saturated rings. The molecule has 0 bridgehead atoms. The fourth-order valence-corrected chi connectivity index (χ4v) is 4.81. The molecule has 1 aliphatic heterocycles. The number of carbonyl (C=O) groups excluding carboxylic acids is 2. The number of hydrogen-bond acceptors (Lipinski definition) is 6. The summed E-state index contributed by atoms with van der Waals surface area (Å²) >= 11 is 0. The van der Waals surface area contributed by atoms with Gasteiger partial charge in [0.2, 0.25) is 5.91 Å². The van der Waals surface area contributed by atoms with E-state index in [-0.39, 0.29) is 19.1 Å². The Morgan fingerprint density at radius 3 is 2.26 bits per heavy atom. The van der Waals surface area contributed by atoms with Crippen molar-refractivity contribution >= 4 is 18.0 Å². The number of alkyl carbamates (subject to hydrolysis) is 1. The van der Waals surface area contributed by atoms with Crippen molar-refractivity contribution in [1.82, 2.24) is 15.1 Å². The lowest BCUT2D eigenvalue weighted by atomic mass is 9.98. The van der Waals surface area contributed by atoms with Crippen molar-refractivity contribution in [3.8, 4) is 11.1 Å². The molecule has 1 heterocycles. The number of carboxylic acid groups (broad SMARTS) is 1. The number of likely N-dealkylation sites (N-methyl/N-ethyl adjacent to an activating group) is 1. The average Bonchev–Trinajstić information content (AvgIpc) is 3.15. The molecule has 2 aromatic carbocycles. The third-order valence-electron chi connectivity index (χ3n) is 6.49. The number of aliphatic carboxylic acids is 1. The topological polar surface area (TPSA) is 119 Å². The largest absolute Gasteiger partial charge is 0.481 e. The first-order valence-corrected chi connectivity index (χ1v) is 11.3. The Morgan fingerprint density at radius 1 is 1.06 bits per heavy atom. The number of piperazine rings is 1. The van der Waals surface area contributed by atoms with Gasteiger partial charge in [-0.15, -0.1) is 0 Å². The van der Waals surface area contributed by atoms with E-state index in [4.69, 9.17) is 4.74 Å². The maximum absolute atomic E-state index is 13.1. The van der Waals surface area contributed by atoms with Crippen LogP contribution < -0.4 is 5.32 Å². The molecule has 9 nitrogen and oxygen atoms in total. The third-order valence-corrected chi connectivity index (χ3v) is 6.49. The van der Waals surface area contributed by atoms with Crippen LogP contribution in [0, 0.1) is 0 Å². The number of nitrogens with one attached hydrogen (secondary N) is 1. The van der Waals surface area contributed by atoms with Crippen LogP contribution in [0.4, 0.5) is 4.79 Å². The molecule has 0 aromatic heterocycles. The maximum Gasteiger partial charge on any atom is 0.407 e. The van der Waals surface area contributed by atoms with Crippen LogP contribution in [0.5, 0.6) is 0 Å². The maximum atomic E-state index is 13.1. The van der Waals surface area contributed by atoms with Gasteiger partial charge in [0.15, 0.2) is 0 Å². The van der Waals surface area contributed by atoms with Crippen LogP contribution in [0.15, 0.2) is 48.5 Å². The summed E-state index contributed by atoms with van der Waals surface area (Å²) in [6, 6.07) is 14.1. The Bertz CT molecular complexity index is 1030. The van der Waals surface area contributed by atoms with E-state index in [1.807, 2.05) is 60.5 Å². The Labute approximate surface area is 197 Å². The quantitative estimate of drug-likeness (QED) is 0.565. The van der Waals surface area contributed by atoms with Gasteiger partial charge in [0, 0.05) is 25.6 Å². The second-order valence-electron chi connectivity index (χ2n) is 8.75. The van der Waals surface area contributed by atoms with Gasteiger partial charge in [-0.3, -0.25) is 9.59 Å². The Morgan fingerprint density at radius 2 is 1.68 bits per heavy atom. The van der Waals surface area contributed by atoms with Crippen molar-refractivity contribution in [3.63, 3.8) is 0 Å². The molecule has 4 rings (SSSR count). The van der Waals surface area contributed by atoms with Crippen LogP contribution in [-0.4, -0.2) is 90.0 Å². The van der Waals surface area contributed by atoms with Gasteiger partial charge in [-0.05, 0) is 29.3 Å². The predicted molar refractivity (Wildman–Crippen MR) is 124 cm³/mol. The molecular formula is C25H29N3O6. The molecule has 2 aromatic rings. The van der Waals surface area contributed by atoms with Gasteiger partial charge in [0.1, 0.15) is 12.6 Å². The number of rotatable bonds is 7. The minimum atomic E-state index is -1.29. The molecule has 2 atom stereocenters. The molecule has 3 N–H and O–H groups in total. The summed E-state index contributed by atoms with van der Waals surface area (Å²) in [5.41, 5.74) is 4.29. The smallest absolute Gasteiger partial charge is 0.407 e. The van der Waals surface area contributed by atoms with Crippen molar-refractivity contribution in [2.24, 2.45) is 0 Å². The van der Waals surface area contributed by atoms with Crippen molar-refractivity contribution in [2.75, 3.05) is 39.9 Å². The van der Waals surface area contributed by atoms with E-state index in [0.717, 1.165) is 22.3 Å². The minimum Gasteiger partial charge on any atom is -0.481 e. The van der Waals surface area contributed by atoms with Crippen molar-refractivity contribution in [3.05, 3.63) is 59.7 Å². The molecule has 180 valence electrons. The highest BCUT2D eigenvalue weighted by Gasteiger charge is 2.35. The molecule has 0 radical (unpaired) electrons. The number of ether oxygens (including phenoxy) is 1. The zero-order valence-corrected chi connectivity index (χ0v) is 19.0. The molecule has 2 aliphatic rings. The summed E-state index contributed by atoms with van der Waals surface area (Å²) in [5.74, 6) is -1.90. The van der Waals surface area contributed by atoms with Crippen LogP contribution in [0.2, 0.25) is 0 Å². The molecule has 9 heteroatoms. The molecule has 2 unspecified atom stereocenters. The molecule has 34 heavy (non-hydrogen) atoms. The van der Waals surface area contributed by atoms with Gasteiger partial charge in [-0.2, -0.15) is 0 Å². The Hall–Kier alpha value is -3.43. The van der Waals surface area contributed by atoms with E-state index in [1.165, 1.54) is 4.90 Å². The van der Waals surface area contributed by atoms with E-state index < -0.39 is 36.5 Å².